The molecule has 1 saturated heterocycles. The molecule has 1 fully saturated rings. The molecule has 0 spiro atoms. The van der Waals surface area contributed by atoms with Gasteiger partial charge in [-0.05, 0) is 19.3 Å². The average Bonchev–Trinajstić information content (AvgIpc) is 3.66. The summed E-state index contributed by atoms with van der Waals surface area (Å²) in [5.41, 5.74) is -0.517. The zero-order valence-electron chi connectivity index (χ0n) is 23.3. The third kappa shape index (κ3) is 16.5. The van der Waals surface area contributed by atoms with E-state index in [1.165, 1.54) is 96.3 Å². The van der Waals surface area contributed by atoms with E-state index in [2.05, 4.69) is 20.8 Å². The fourth-order valence-electron chi connectivity index (χ4n) is 4.90. The predicted octanol–water partition coefficient (Wildman–Crippen LogP) is 8.38. The van der Waals surface area contributed by atoms with Crippen molar-refractivity contribution in [1.82, 2.24) is 0 Å². The lowest BCUT2D eigenvalue weighted by molar-refractivity contribution is -0.156. The van der Waals surface area contributed by atoms with E-state index in [-0.39, 0.29) is 6.10 Å². The minimum Gasteiger partial charge on any atom is -0.388 e. The minimum absolute atomic E-state index is 0.248. The van der Waals surface area contributed by atoms with E-state index < -0.39 is 11.7 Å². The van der Waals surface area contributed by atoms with E-state index in [1.807, 2.05) is 0 Å². The van der Waals surface area contributed by atoms with Gasteiger partial charge in [-0.15, -0.1) is 0 Å². The van der Waals surface area contributed by atoms with Crippen molar-refractivity contribution in [3.8, 4) is 0 Å². The summed E-state index contributed by atoms with van der Waals surface area (Å²) in [6.07, 6.45) is 24.0. The molecule has 0 radical (unpaired) electrons. The zero-order valence-corrected chi connectivity index (χ0v) is 23.3. The van der Waals surface area contributed by atoms with E-state index in [0.29, 0.717) is 6.61 Å². The Hall–Kier alpha value is -0.160. The Morgan fingerprint density at radius 2 is 1.18 bits per heavy atom. The lowest BCUT2D eigenvalue weighted by atomic mass is 9.85. The molecule has 0 amide bonds. The molecule has 4 heteroatoms. The molecule has 3 unspecified atom stereocenters. The van der Waals surface area contributed by atoms with E-state index in [0.717, 1.165) is 51.9 Å². The van der Waals surface area contributed by atoms with Gasteiger partial charge in [-0.2, -0.15) is 0 Å². The van der Waals surface area contributed by atoms with Crippen molar-refractivity contribution in [1.29, 1.82) is 0 Å². The number of epoxide rings is 1. The molecule has 0 saturated carbocycles. The van der Waals surface area contributed by atoms with Crippen LogP contribution in [0.1, 0.15) is 149 Å². The van der Waals surface area contributed by atoms with Gasteiger partial charge in [0, 0.05) is 19.6 Å². The first-order valence-corrected chi connectivity index (χ1v) is 15.2. The molecule has 3 atom stereocenters. The quantitative estimate of drug-likeness (QED) is 0.0939. The maximum Gasteiger partial charge on any atom is 0.106 e. The summed E-state index contributed by atoms with van der Waals surface area (Å²) in [6, 6.07) is 0. The molecule has 1 aliphatic heterocycles. The number of hydrogen-bond donors (Lipinski definition) is 1. The molecular formula is C30H60O4. The van der Waals surface area contributed by atoms with Gasteiger partial charge in [-0.1, -0.05) is 124 Å². The molecular weight excluding hydrogens is 424 g/mol. The number of unbranched alkanes of at least 4 members (excludes halogenated alkanes) is 15. The number of ether oxygens (including phenoxy) is 3. The topological polar surface area (TPSA) is 51.2 Å². The van der Waals surface area contributed by atoms with Gasteiger partial charge in [0.1, 0.15) is 6.10 Å². The van der Waals surface area contributed by atoms with Crippen LogP contribution in [0.3, 0.4) is 0 Å². The highest BCUT2D eigenvalue weighted by atomic mass is 16.6. The Morgan fingerprint density at radius 1 is 0.706 bits per heavy atom. The van der Waals surface area contributed by atoms with Gasteiger partial charge in [-0.25, -0.2) is 0 Å². The maximum atomic E-state index is 11.3. The summed E-state index contributed by atoms with van der Waals surface area (Å²) in [4.78, 5) is 0. The molecule has 1 heterocycles. The summed E-state index contributed by atoms with van der Waals surface area (Å²) in [5.74, 6) is 0. The standard InChI is InChI=1S/C30H60O4/c1-4-7-10-13-16-19-22-30(25-28-26-33-28,34-24-21-18-15-12-9-6-3)29(31)27-32-23-20-17-14-11-8-5-2/h28-29,31H,4-27H2,1-3H3. The SMILES string of the molecule is CCCCCCCCOCC(O)C(CCCCCCCC)(CC1CO1)OCCCCCCCC. The van der Waals surface area contributed by atoms with Gasteiger partial charge >= 0.3 is 0 Å². The molecule has 0 aromatic rings. The third-order valence-electron chi connectivity index (χ3n) is 7.34. The Balaban J connectivity index is 2.51. The van der Waals surface area contributed by atoms with Crippen LogP contribution in [-0.4, -0.2) is 49.3 Å². The van der Waals surface area contributed by atoms with Crippen molar-refractivity contribution in [3.63, 3.8) is 0 Å². The van der Waals surface area contributed by atoms with Gasteiger partial charge < -0.3 is 19.3 Å². The fraction of sp³-hybridized carbons (Fsp3) is 1.00. The van der Waals surface area contributed by atoms with Gasteiger partial charge in [0.15, 0.2) is 0 Å². The summed E-state index contributed by atoms with van der Waals surface area (Å²) in [7, 11) is 0. The van der Waals surface area contributed by atoms with Crippen LogP contribution in [0.4, 0.5) is 0 Å². The molecule has 1 aliphatic rings. The highest BCUT2D eigenvalue weighted by Gasteiger charge is 2.44. The van der Waals surface area contributed by atoms with Crippen molar-refractivity contribution in [3.05, 3.63) is 0 Å². The zero-order chi connectivity index (χ0) is 24.7. The summed E-state index contributed by atoms with van der Waals surface area (Å²) < 4.78 is 18.2. The lowest BCUT2D eigenvalue weighted by Crippen LogP contribution is -2.49. The minimum atomic E-state index is -0.576. The van der Waals surface area contributed by atoms with Gasteiger partial charge in [0.2, 0.25) is 0 Å². The molecule has 1 rings (SSSR count). The van der Waals surface area contributed by atoms with Crippen LogP contribution in [0.25, 0.3) is 0 Å². The van der Waals surface area contributed by atoms with Gasteiger partial charge in [0.25, 0.3) is 0 Å². The van der Waals surface area contributed by atoms with Crippen LogP contribution in [0, 0.1) is 0 Å². The summed E-state index contributed by atoms with van der Waals surface area (Å²) >= 11 is 0. The number of hydrogen-bond acceptors (Lipinski definition) is 4. The first-order valence-electron chi connectivity index (χ1n) is 15.2. The highest BCUT2D eigenvalue weighted by molar-refractivity contribution is 4.94. The van der Waals surface area contributed by atoms with Gasteiger partial charge in [-0.3, -0.25) is 0 Å². The molecule has 0 aliphatic carbocycles. The molecule has 0 aromatic heterocycles. The lowest BCUT2D eigenvalue weighted by Gasteiger charge is -2.38. The first-order chi connectivity index (χ1) is 16.7. The van der Waals surface area contributed by atoms with Crippen LogP contribution in [0.5, 0.6) is 0 Å². The van der Waals surface area contributed by atoms with E-state index in [1.54, 1.807) is 0 Å². The third-order valence-corrected chi connectivity index (χ3v) is 7.34. The Morgan fingerprint density at radius 3 is 1.71 bits per heavy atom. The number of aliphatic hydroxyl groups is 1. The molecule has 0 aromatic carbocycles. The molecule has 1 N–H and O–H groups in total. The van der Waals surface area contributed by atoms with Crippen LogP contribution >= 0.6 is 0 Å². The van der Waals surface area contributed by atoms with Crippen LogP contribution in [-0.2, 0) is 14.2 Å². The second-order valence-electron chi connectivity index (χ2n) is 10.7. The molecule has 0 bridgehead atoms. The summed E-state index contributed by atoms with van der Waals surface area (Å²) in [5, 5.41) is 11.3. The fourth-order valence-corrected chi connectivity index (χ4v) is 4.90. The van der Waals surface area contributed by atoms with Crippen molar-refractivity contribution < 1.29 is 19.3 Å². The number of rotatable bonds is 27. The maximum absolute atomic E-state index is 11.3. The molecule has 204 valence electrons. The highest BCUT2D eigenvalue weighted by Crippen LogP contribution is 2.34. The predicted molar refractivity (Wildman–Crippen MR) is 145 cm³/mol. The molecule has 4 nitrogen and oxygen atoms in total. The normalized spacial score (nSPS) is 18.2. The second kappa shape index (κ2) is 22.1. The van der Waals surface area contributed by atoms with Crippen molar-refractivity contribution in [2.24, 2.45) is 0 Å². The van der Waals surface area contributed by atoms with Crippen LogP contribution in [0.15, 0.2) is 0 Å². The average molecular weight is 485 g/mol. The summed E-state index contributed by atoms with van der Waals surface area (Å²) in [6.45, 7) is 9.45. The van der Waals surface area contributed by atoms with Crippen molar-refractivity contribution >= 4 is 0 Å². The number of aliphatic hydroxyl groups excluding tert-OH is 1. The first kappa shape index (κ1) is 31.9. The Kier molecular flexibility index (Phi) is 20.7. The Bertz CT molecular complexity index is 426. The van der Waals surface area contributed by atoms with E-state index >= 15 is 0 Å². The van der Waals surface area contributed by atoms with E-state index in [4.69, 9.17) is 14.2 Å². The van der Waals surface area contributed by atoms with E-state index in [9.17, 15) is 5.11 Å². The van der Waals surface area contributed by atoms with Gasteiger partial charge in [0.05, 0.1) is 24.9 Å². The molecule has 34 heavy (non-hydrogen) atoms. The van der Waals surface area contributed by atoms with Crippen LogP contribution in [0.2, 0.25) is 0 Å². The van der Waals surface area contributed by atoms with Crippen molar-refractivity contribution in [2.75, 3.05) is 26.4 Å². The van der Waals surface area contributed by atoms with Crippen LogP contribution < -0.4 is 0 Å². The Labute approximate surface area is 212 Å². The van der Waals surface area contributed by atoms with Crippen molar-refractivity contribution in [2.45, 2.75) is 167 Å². The largest absolute Gasteiger partial charge is 0.388 e. The monoisotopic (exact) mass is 484 g/mol. The smallest absolute Gasteiger partial charge is 0.106 e. The second-order valence-corrected chi connectivity index (χ2v) is 10.7.